The minimum absolute atomic E-state index is 0.232. The molecule has 0 bridgehead atoms. The van der Waals surface area contributed by atoms with Gasteiger partial charge in [-0.2, -0.15) is 11.8 Å². The van der Waals surface area contributed by atoms with Crippen molar-refractivity contribution in [2.24, 2.45) is 0 Å². The Morgan fingerprint density at radius 3 is 2.48 bits per heavy atom. The summed E-state index contributed by atoms with van der Waals surface area (Å²) >= 11 is 1.73. The third-order valence-electron chi connectivity index (χ3n) is 5.20. The second kappa shape index (κ2) is 9.79. The minimum Gasteiger partial charge on any atom is -0.342 e. The number of hydrogen-bond donors (Lipinski definition) is 1. The fourth-order valence-electron chi connectivity index (χ4n) is 3.64. The number of halogens is 1. The van der Waals surface area contributed by atoms with E-state index in [2.05, 4.69) is 28.1 Å². The summed E-state index contributed by atoms with van der Waals surface area (Å²) < 4.78 is 15.5. The predicted molar refractivity (Wildman–Crippen MR) is 125 cm³/mol. The molecule has 0 spiro atoms. The zero-order valence-electron chi connectivity index (χ0n) is 17.3. The van der Waals surface area contributed by atoms with E-state index in [-0.39, 0.29) is 17.8 Å². The summed E-state index contributed by atoms with van der Waals surface area (Å²) in [5.74, 6) is 1.11. The van der Waals surface area contributed by atoms with Crippen molar-refractivity contribution in [3.05, 3.63) is 102 Å². The molecule has 0 saturated heterocycles. The molecule has 1 heterocycles. The fraction of sp³-hybridized carbons (Fsp3) is 0.200. The number of carbonyl (C=O) groups is 1. The van der Waals surface area contributed by atoms with Crippen LogP contribution in [0.15, 0.2) is 78.9 Å². The van der Waals surface area contributed by atoms with Crippen LogP contribution in [0.2, 0.25) is 0 Å². The lowest BCUT2D eigenvalue weighted by Crippen LogP contribution is -2.31. The normalized spacial score (nSPS) is 12.1. The summed E-state index contributed by atoms with van der Waals surface area (Å²) in [4.78, 5) is 17.8. The quantitative estimate of drug-likeness (QED) is 0.402. The second-order valence-electron chi connectivity index (χ2n) is 7.34. The van der Waals surface area contributed by atoms with Crippen molar-refractivity contribution < 1.29 is 9.18 Å². The van der Waals surface area contributed by atoms with Gasteiger partial charge in [-0.15, -0.1) is 0 Å². The number of rotatable bonds is 8. The molecule has 4 aromatic rings. The third-order valence-corrected chi connectivity index (χ3v) is 5.85. The molecule has 1 amide bonds. The molecule has 0 fully saturated rings. The summed E-state index contributed by atoms with van der Waals surface area (Å²) in [7, 11) is 0. The van der Waals surface area contributed by atoms with Crippen molar-refractivity contribution in [1.29, 1.82) is 0 Å². The third kappa shape index (κ3) is 4.97. The summed E-state index contributed by atoms with van der Waals surface area (Å²) in [5, 5.41) is 3.13. The van der Waals surface area contributed by atoms with E-state index in [1.165, 1.54) is 29.8 Å². The minimum atomic E-state index is -0.361. The molecule has 0 saturated carbocycles. The zero-order chi connectivity index (χ0) is 21.6. The molecular formula is C25H24FN3OS. The molecule has 1 aromatic heterocycles. The molecule has 1 N–H and O–H groups in total. The van der Waals surface area contributed by atoms with Crippen LogP contribution in [0.25, 0.3) is 11.0 Å². The van der Waals surface area contributed by atoms with Gasteiger partial charge in [-0.05, 0) is 60.4 Å². The Balaban J connectivity index is 1.71. The summed E-state index contributed by atoms with van der Waals surface area (Å²) in [6.07, 6.45) is 2.79. The van der Waals surface area contributed by atoms with Gasteiger partial charge in [0, 0.05) is 12.1 Å². The summed E-state index contributed by atoms with van der Waals surface area (Å²) in [6, 6.07) is 23.6. The van der Waals surface area contributed by atoms with E-state index < -0.39 is 0 Å². The first-order valence-corrected chi connectivity index (χ1v) is 11.6. The van der Waals surface area contributed by atoms with Crippen molar-refractivity contribution in [3.63, 3.8) is 0 Å². The molecule has 0 aliphatic carbocycles. The molecule has 0 aliphatic heterocycles. The number of benzene rings is 3. The van der Waals surface area contributed by atoms with E-state index in [9.17, 15) is 9.18 Å². The Morgan fingerprint density at radius 2 is 1.74 bits per heavy atom. The number of aromatic nitrogens is 2. The Hall–Kier alpha value is -3.12. The van der Waals surface area contributed by atoms with Gasteiger partial charge in [-0.1, -0.05) is 42.5 Å². The maximum Gasteiger partial charge on any atom is 0.251 e. The van der Waals surface area contributed by atoms with Crippen LogP contribution in [0.4, 0.5) is 4.39 Å². The number of para-hydroxylation sites is 2. The lowest BCUT2D eigenvalue weighted by atomic mass is 10.1. The number of nitrogens with zero attached hydrogens (tertiary/aromatic N) is 2. The van der Waals surface area contributed by atoms with E-state index in [1.807, 2.05) is 42.7 Å². The first-order valence-electron chi connectivity index (χ1n) is 10.2. The van der Waals surface area contributed by atoms with E-state index in [1.54, 1.807) is 11.8 Å². The van der Waals surface area contributed by atoms with E-state index in [0.29, 0.717) is 12.1 Å². The van der Waals surface area contributed by atoms with Crippen molar-refractivity contribution in [3.8, 4) is 0 Å². The molecular weight excluding hydrogens is 409 g/mol. The second-order valence-corrected chi connectivity index (χ2v) is 8.33. The monoisotopic (exact) mass is 433 g/mol. The average Bonchev–Trinajstić information content (AvgIpc) is 3.16. The highest BCUT2D eigenvalue weighted by molar-refractivity contribution is 7.98. The van der Waals surface area contributed by atoms with Crippen molar-refractivity contribution in [1.82, 2.24) is 14.9 Å². The predicted octanol–water partition coefficient (Wildman–Crippen LogP) is 5.45. The maximum absolute atomic E-state index is 13.3. The highest BCUT2D eigenvalue weighted by Crippen LogP contribution is 2.25. The van der Waals surface area contributed by atoms with Crippen LogP contribution in [-0.4, -0.2) is 27.5 Å². The number of nitrogens with one attached hydrogen (secondary N) is 1. The van der Waals surface area contributed by atoms with Gasteiger partial charge in [0.2, 0.25) is 0 Å². The Labute approximate surface area is 185 Å². The van der Waals surface area contributed by atoms with Crippen LogP contribution < -0.4 is 5.32 Å². The number of thioether (sulfide) groups is 1. The Bertz CT molecular complexity index is 1160. The molecule has 0 radical (unpaired) electrons. The molecule has 158 valence electrons. The Morgan fingerprint density at radius 1 is 1.03 bits per heavy atom. The van der Waals surface area contributed by atoms with Crippen LogP contribution >= 0.6 is 11.8 Å². The number of amides is 1. The Kier molecular flexibility index (Phi) is 6.67. The first-order chi connectivity index (χ1) is 15.2. The average molecular weight is 434 g/mol. The largest absolute Gasteiger partial charge is 0.342 e. The van der Waals surface area contributed by atoms with Gasteiger partial charge in [0.25, 0.3) is 5.91 Å². The van der Waals surface area contributed by atoms with Crippen LogP contribution in [0.3, 0.4) is 0 Å². The fourth-order valence-corrected chi connectivity index (χ4v) is 4.11. The first kappa shape index (κ1) is 21.1. The van der Waals surface area contributed by atoms with Gasteiger partial charge in [-0.25, -0.2) is 9.37 Å². The smallest absolute Gasteiger partial charge is 0.251 e. The number of imidazole rings is 1. The molecule has 1 atom stereocenters. The molecule has 3 aromatic carbocycles. The SMILES string of the molecule is CSCCC(NC(=O)c1ccc(F)cc1)c1nc2ccccc2n1Cc1ccccc1. The van der Waals surface area contributed by atoms with Crippen LogP contribution in [-0.2, 0) is 6.54 Å². The zero-order valence-corrected chi connectivity index (χ0v) is 18.1. The lowest BCUT2D eigenvalue weighted by molar-refractivity contribution is 0.0933. The molecule has 0 aliphatic rings. The van der Waals surface area contributed by atoms with Gasteiger partial charge in [0.1, 0.15) is 11.6 Å². The van der Waals surface area contributed by atoms with Crippen molar-refractivity contribution in [2.75, 3.05) is 12.0 Å². The standard InChI is InChI=1S/C25H24FN3OS/c1-31-16-15-22(28-25(30)19-11-13-20(26)14-12-19)24-27-21-9-5-6-10-23(21)29(24)17-18-7-3-2-4-8-18/h2-14,22H,15-17H2,1H3,(H,28,30). The van der Waals surface area contributed by atoms with E-state index in [0.717, 1.165) is 29.0 Å². The number of fused-ring (bicyclic) bond motifs is 1. The van der Waals surface area contributed by atoms with E-state index >= 15 is 0 Å². The number of carbonyl (C=O) groups excluding carboxylic acids is 1. The van der Waals surface area contributed by atoms with Crippen molar-refractivity contribution in [2.45, 2.75) is 19.0 Å². The molecule has 1 unspecified atom stereocenters. The van der Waals surface area contributed by atoms with Gasteiger partial charge in [0.15, 0.2) is 0 Å². The molecule has 4 rings (SSSR count). The topological polar surface area (TPSA) is 46.9 Å². The molecule has 4 nitrogen and oxygen atoms in total. The molecule has 6 heteroatoms. The van der Waals surface area contributed by atoms with Crippen LogP contribution in [0.5, 0.6) is 0 Å². The summed E-state index contributed by atoms with van der Waals surface area (Å²) in [5.41, 5.74) is 3.53. The highest BCUT2D eigenvalue weighted by atomic mass is 32.2. The van der Waals surface area contributed by atoms with E-state index in [4.69, 9.17) is 4.98 Å². The van der Waals surface area contributed by atoms with Gasteiger partial charge in [-0.3, -0.25) is 4.79 Å². The summed E-state index contributed by atoms with van der Waals surface area (Å²) in [6.45, 7) is 0.666. The molecule has 31 heavy (non-hydrogen) atoms. The van der Waals surface area contributed by atoms with Crippen LogP contribution in [0, 0.1) is 5.82 Å². The van der Waals surface area contributed by atoms with Gasteiger partial charge in [0.05, 0.1) is 17.1 Å². The maximum atomic E-state index is 13.3. The highest BCUT2D eigenvalue weighted by Gasteiger charge is 2.23. The van der Waals surface area contributed by atoms with Crippen LogP contribution in [0.1, 0.15) is 34.2 Å². The number of hydrogen-bond acceptors (Lipinski definition) is 3. The lowest BCUT2D eigenvalue weighted by Gasteiger charge is -2.20. The van der Waals surface area contributed by atoms with Crippen molar-refractivity contribution >= 4 is 28.7 Å². The van der Waals surface area contributed by atoms with Gasteiger partial charge >= 0.3 is 0 Å². The van der Waals surface area contributed by atoms with Gasteiger partial charge < -0.3 is 9.88 Å².